The summed E-state index contributed by atoms with van der Waals surface area (Å²) in [6.45, 7) is 1.98. The summed E-state index contributed by atoms with van der Waals surface area (Å²) in [5.74, 6) is 0. The van der Waals surface area contributed by atoms with Crippen LogP contribution in [0, 0.1) is 0 Å². The number of hydrogen-bond donors (Lipinski definition) is 1. The third-order valence-electron chi connectivity index (χ3n) is 3.37. The van der Waals surface area contributed by atoms with Crippen LogP contribution in [0.4, 0.5) is 0 Å². The van der Waals surface area contributed by atoms with Crippen LogP contribution in [0.2, 0.25) is 10.0 Å². The molecule has 0 aliphatic heterocycles. The number of rotatable bonds is 5. The Morgan fingerprint density at radius 3 is 2.43 bits per heavy atom. The monoisotopic (exact) mass is 341 g/mol. The molecule has 0 radical (unpaired) electrons. The molecule has 0 saturated carbocycles. The van der Waals surface area contributed by atoms with Gasteiger partial charge in [-0.05, 0) is 30.2 Å². The largest absolute Gasteiger partial charge is 0.323 e. The number of hydrogen-bond acceptors (Lipinski definition) is 2. The third-order valence-corrected chi connectivity index (χ3v) is 6.00. The highest BCUT2D eigenvalue weighted by molar-refractivity contribution is 7.85. The van der Waals surface area contributed by atoms with E-state index in [2.05, 4.69) is 0 Å². The average molecular weight is 342 g/mol. The van der Waals surface area contributed by atoms with Gasteiger partial charge in [-0.3, -0.25) is 4.21 Å². The molecule has 2 N–H and O–H groups in total. The van der Waals surface area contributed by atoms with Crippen LogP contribution in [0.5, 0.6) is 0 Å². The van der Waals surface area contributed by atoms with Gasteiger partial charge in [-0.2, -0.15) is 0 Å². The van der Waals surface area contributed by atoms with Crippen LogP contribution in [-0.4, -0.2) is 9.46 Å². The van der Waals surface area contributed by atoms with Crippen LogP contribution in [0.1, 0.15) is 24.9 Å². The van der Waals surface area contributed by atoms with Crippen molar-refractivity contribution >= 4 is 34.0 Å². The first-order chi connectivity index (χ1) is 10.0. The van der Waals surface area contributed by atoms with E-state index in [0.717, 1.165) is 5.56 Å². The fourth-order valence-electron chi connectivity index (χ4n) is 2.22. The summed E-state index contributed by atoms with van der Waals surface area (Å²) in [4.78, 5) is 0.544. The van der Waals surface area contributed by atoms with Gasteiger partial charge in [-0.1, -0.05) is 60.5 Å². The second-order valence-corrected chi connectivity index (χ2v) is 7.24. The standard InChI is InChI=1S/C16H17Cl2NOS/c1-2-14(16(19)11-6-4-3-5-7-11)21(20)15-10-12(17)8-9-13(15)18/h3-10,14,16H,2,19H2,1H3. The predicted octanol–water partition coefficient (Wildman–Crippen LogP) is 4.58. The minimum absolute atomic E-state index is 0.219. The molecule has 0 saturated heterocycles. The second-order valence-electron chi connectivity index (χ2n) is 4.76. The van der Waals surface area contributed by atoms with Gasteiger partial charge in [0.25, 0.3) is 0 Å². The summed E-state index contributed by atoms with van der Waals surface area (Å²) in [5.41, 5.74) is 7.28. The van der Waals surface area contributed by atoms with Gasteiger partial charge in [0.05, 0.1) is 26.0 Å². The summed E-state index contributed by atoms with van der Waals surface area (Å²) < 4.78 is 12.9. The van der Waals surface area contributed by atoms with Crippen molar-refractivity contribution in [2.75, 3.05) is 0 Å². The molecule has 0 aliphatic rings. The summed E-state index contributed by atoms with van der Waals surface area (Å²) in [7, 11) is -1.32. The van der Waals surface area contributed by atoms with E-state index in [1.54, 1.807) is 18.2 Å². The lowest BCUT2D eigenvalue weighted by atomic mass is 10.0. The normalized spacial score (nSPS) is 15.4. The zero-order chi connectivity index (χ0) is 15.4. The Labute approximate surface area is 137 Å². The SMILES string of the molecule is CCC(C(N)c1ccccc1)S(=O)c1cc(Cl)ccc1Cl. The fourth-order valence-corrected chi connectivity index (χ4v) is 4.36. The zero-order valence-corrected chi connectivity index (χ0v) is 14.0. The maximum absolute atomic E-state index is 12.9. The molecule has 0 bridgehead atoms. The molecule has 21 heavy (non-hydrogen) atoms. The maximum atomic E-state index is 12.9. The highest BCUT2D eigenvalue weighted by atomic mass is 35.5. The van der Waals surface area contributed by atoms with E-state index in [1.807, 2.05) is 37.3 Å². The average Bonchev–Trinajstić information content (AvgIpc) is 2.51. The summed E-state index contributed by atoms with van der Waals surface area (Å²) >= 11 is 12.1. The van der Waals surface area contributed by atoms with E-state index >= 15 is 0 Å². The first-order valence-corrected chi connectivity index (χ1v) is 8.67. The molecule has 2 rings (SSSR count). The molecule has 0 aromatic heterocycles. The molecular weight excluding hydrogens is 325 g/mol. The Morgan fingerprint density at radius 1 is 1.14 bits per heavy atom. The molecule has 0 fully saturated rings. The Hall–Kier alpha value is -0.870. The first kappa shape index (κ1) is 16.5. The van der Waals surface area contributed by atoms with Gasteiger partial charge < -0.3 is 5.73 Å². The molecule has 112 valence electrons. The van der Waals surface area contributed by atoms with Gasteiger partial charge >= 0.3 is 0 Å². The molecular formula is C16H17Cl2NOS. The van der Waals surface area contributed by atoms with E-state index in [9.17, 15) is 4.21 Å². The summed E-state index contributed by atoms with van der Waals surface area (Å²) in [6, 6.07) is 14.4. The highest BCUT2D eigenvalue weighted by Gasteiger charge is 2.26. The maximum Gasteiger partial charge on any atom is 0.0595 e. The van der Waals surface area contributed by atoms with Crippen LogP contribution in [-0.2, 0) is 10.8 Å². The Morgan fingerprint density at radius 2 is 1.81 bits per heavy atom. The predicted molar refractivity (Wildman–Crippen MR) is 90.3 cm³/mol. The van der Waals surface area contributed by atoms with Crippen molar-refractivity contribution in [3.63, 3.8) is 0 Å². The van der Waals surface area contributed by atoms with Crippen LogP contribution < -0.4 is 5.73 Å². The van der Waals surface area contributed by atoms with Crippen LogP contribution >= 0.6 is 23.2 Å². The van der Waals surface area contributed by atoms with Gasteiger partial charge in [0.15, 0.2) is 0 Å². The number of nitrogens with two attached hydrogens (primary N) is 1. The molecule has 2 aromatic rings. The zero-order valence-electron chi connectivity index (χ0n) is 11.6. The third kappa shape index (κ3) is 3.86. The van der Waals surface area contributed by atoms with Gasteiger partial charge in [0.1, 0.15) is 0 Å². The second kappa shape index (κ2) is 7.41. The molecule has 0 aliphatic carbocycles. The molecule has 5 heteroatoms. The first-order valence-electron chi connectivity index (χ1n) is 6.70. The fraction of sp³-hybridized carbons (Fsp3) is 0.250. The van der Waals surface area contributed by atoms with Crippen molar-refractivity contribution in [3.8, 4) is 0 Å². The van der Waals surface area contributed by atoms with E-state index in [4.69, 9.17) is 28.9 Å². The lowest BCUT2D eigenvalue weighted by molar-refractivity contribution is 0.612. The van der Waals surface area contributed by atoms with Crippen LogP contribution in [0.25, 0.3) is 0 Å². The topological polar surface area (TPSA) is 43.1 Å². The van der Waals surface area contributed by atoms with Crippen molar-refractivity contribution in [2.45, 2.75) is 29.5 Å². The number of halogens is 2. The lowest BCUT2D eigenvalue weighted by Gasteiger charge is -2.23. The molecule has 3 unspecified atom stereocenters. The van der Waals surface area contributed by atoms with Gasteiger partial charge in [0, 0.05) is 11.1 Å². The van der Waals surface area contributed by atoms with Crippen LogP contribution in [0.3, 0.4) is 0 Å². The minimum Gasteiger partial charge on any atom is -0.323 e. The van der Waals surface area contributed by atoms with E-state index in [-0.39, 0.29) is 11.3 Å². The Bertz CT molecular complexity index is 633. The van der Waals surface area contributed by atoms with E-state index in [0.29, 0.717) is 21.4 Å². The van der Waals surface area contributed by atoms with Crippen molar-refractivity contribution in [1.82, 2.24) is 0 Å². The molecule has 0 amide bonds. The minimum atomic E-state index is -1.32. The Kier molecular flexibility index (Phi) is 5.82. The van der Waals surface area contributed by atoms with Crippen molar-refractivity contribution in [1.29, 1.82) is 0 Å². The molecule has 0 heterocycles. The van der Waals surface area contributed by atoms with Crippen molar-refractivity contribution in [2.24, 2.45) is 5.73 Å². The van der Waals surface area contributed by atoms with E-state index in [1.165, 1.54) is 0 Å². The quantitative estimate of drug-likeness (QED) is 0.864. The highest BCUT2D eigenvalue weighted by Crippen LogP contribution is 2.30. The molecule has 0 spiro atoms. The summed E-state index contributed by atoms with van der Waals surface area (Å²) in [5, 5.41) is 0.755. The molecule has 2 aromatic carbocycles. The Balaban J connectivity index is 2.33. The van der Waals surface area contributed by atoms with E-state index < -0.39 is 10.8 Å². The summed E-state index contributed by atoms with van der Waals surface area (Å²) in [6.07, 6.45) is 0.686. The molecule has 3 atom stereocenters. The smallest absolute Gasteiger partial charge is 0.0595 e. The van der Waals surface area contributed by atoms with Crippen molar-refractivity contribution < 1.29 is 4.21 Å². The van der Waals surface area contributed by atoms with Gasteiger partial charge in [-0.15, -0.1) is 0 Å². The lowest BCUT2D eigenvalue weighted by Crippen LogP contribution is -2.30. The van der Waals surface area contributed by atoms with Gasteiger partial charge in [0.2, 0.25) is 0 Å². The van der Waals surface area contributed by atoms with Crippen LogP contribution in [0.15, 0.2) is 53.4 Å². The molecule has 2 nitrogen and oxygen atoms in total. The number of benzene rings is 2. The van der Waals surface area contributed by atoms with Crippen molar-refractivity contribution in [3.05, 3.63) is 64.1 Å². The van der Waals surface area contributed by atoms with Gasteiger partial charge in [-0.25, -0.2) is 0 Å².